The van der Waals surface area contributed by atoms with Crippen LogP contribution < -0.4 is 10.5 Å². The first-order valence-electron chi connectivity index (χ1n) is 7.64. The van der Waals surface area contributed by atoms with Gasteiger partial charge in [-0.1, -0.05) is 51.1 Å². The van der Waals surface area contributed by atoms with Crippen molar-refractivity contribution in [3.8, 4) is 16.9 Å². The number of hydrogen-bond donors (Lipinski definition) is 1. The Kier molecular flexibility index (Phi) is 3.50. The van der Waals surface area contributed by atoms with E-state index in [1.165, 1.54) is 22.3 Å². The first-order valence-corrected chi connectivity index (χ1v) is 7.64. The monoisotopic (exact) mass is 281 g/mol. The van der Waals surface area contributed by atoms with E-state index >= 15 is 0 Å². The van der Waals surface area contributed by atoms with Gasteiger partial charge in [-0.2, -0.15) is 0 Å². The maximum Gasteiger partial charge on any atom is 0.123 e. The van der Waals surface area contributed by atoms with Gasteiger partial charge < -0.3 is 10.5 Å². The molecule has 0 aliphatic carbocycles. The van der Waals surface area contributed by atoms with Gasteiger partial charge in [-0.25, -0.2) is 0 Å². The van der Waals surface area contributed by atoms with Crippen molar-refractivity contribution in [2.75, 3.05) is 6.61 Å². The van der Waals surface area contributed by atoms with Gasteiger partial charge in [0.2, 0.25) is 0 Å². The molecule has 1 unspecified atom stereocenters. The van der Waals surface area contributed by atoms with Crippen LogP contribution in [0.2, 0.25) is 0 Å². The predicted octanol–water partition coefficient (Wildman–Crippen LogP) is 4.43. The molecule has 1 aliphatic rings. The highest BCUT2D eigenvalue weighted by molar-refractivity contribution is 5.67. The molecule has 1 aliphatic heterocycles. The summed E-state index contributed by atoms with van der Waals surface area (Å²) in [5.74, 6) is 1.02. The lowest BCUT2D eigenvalue weighted by Gasteiger charge is -2.16. The summed E-state index contributed by atoms with van der Waals surface area (Å²) in [7, 11) is 0. The average molecular weight is 281 g/mol. The number of ether oxygens (including phenoxy) is 1. The molecule has 2 heteroatoms. The van der Waals surface area contributed by atoms with Gasteiger partial charge in [0.25, 0.3) is 0 Å². The van der Waals surface area contributed by atoms with Gasteiger partial charge in [-0.15, -0.1) is 0 Å². The van der Waals surface area contributed by atoms with Gasteiger partial charge in [0.15, 0.2) is 0 Å². The molecule has 0 saturated heterocycles. The Morgan fingerprint density at radius 1 is 1.10 bits per heavy atom. The lowest BCUT2D eigenvalue weighted by molar-refractivity contribution is 0.291. The lowest BCUT2D eigenvalue weighted by atomic mass is 9.85. The molecule has 2 N–H and O–H groups in total. The molecule has 2 aromatic carbocycles. The second-order valence-electron chi connectivity index (χ2n) is 6.52. The fraction of sp³-hybridized carbons (Fsp3) is 0.368. The van der Waals surface area contributed by atoms with E-state index < -0.39 is 0 Å². The molecule has 0 fully saturated rings. The highest BCUT2D eigenvalue weighted by Crippen LogP contribution is 2.40. The minimum atomic E-state index is 0.0931. The van der Waals surface area contributed by atoms with Gasteiger partial charge in [0, 0.05) is 17.0 Å². The summed E-state index contributed by atoms with van der Waals surface area (Å²) in [5.41, 5.74) is 11.1. The zero-order chi connectivity index (χ0) is 15.0. The molecular weight excluding hydrogens is 258 g/mol. The van der Waals surface area contributed by atoms with Crippen LogP contribution in [0.1, 0.15) is 44.4 Å². The molecule has 0 radical (unpaired) electrons. The van der Waals surface area contributed by atoms with Crippen molar-refractivity contribution < 1.29 is 4.74 Å². The minimum Gasteiger partial charge on any atom is -0.492 e. The molecule has 2 nitrogen and oxygen atoms in total. The van der Waals surface area contributed by atoms with Gasteiger partial charge in [0.05, 0.1) is 6.61 Å². The molecule has 0 aromatic heterocycles. The molecule has 1 atom stereocenters. The van der Waals surface area contributed by atoms with Crippen LogP contribution in [0, 0.1) is 0 Å². The Balaban J connectivity index is 1.95. The van der Waals surface area contributed by atoms with Crippen LogP contribution in [-0.2, 0) is 5.41 Å². The molecule has 0 bridgehead atoms. The van der Waals surface area contributed by atoms with Crippen LogP contribution in [0.3, 0.4) is 0 Å². The predicted molar refractivity (Wildman–Crippen MR) is 87.6 cm³/mol. The van der Waals surface area contributed by atoms with E-state index in [2.05, 4.69) is 63.2 Å². The van der Waals surface area contributed by atoms with Crippen molar-refractivity contribution in [3.63, 3.8) is 0 Å². The third kappa shape index (κ3) is 2.56. The van der Waals surface area contributed by atoms with Crippen molar-refractivity contribution >= 4 is 0 Å². The number of rotatable bonds is 3. The summed E-state index contributed by atoms with van der Waals surface area (Å²) >= 11 is 0. The largest absolute Gasteiger partial charge is 0.492 e. The van der Waals surface area contributed by atoms with Gasteiger partial charge >= 0.3 is 0 Å². The van der Waals surface area contributed by atoms with E-state index in [-0.39, 0.29) is 11.5 Å². The maximum atomic E-state index is 6.08. The number of hydrogen-bond acceptors (Lipinski definition) is 2. The molecule has 1 heterocycles. The van der Waals surface area contributed by atoms with E-state index in [9.17, 15) is 0 Å². The molecule has 0 saturated carbocycles. The SMILES string of the molecule is CCC(N)c1ccc(-c2ccc3c(c2)C(C)(C)CO3)cc1. The standard InChI is InChI=1S/C19H23NO/c1-4-17(20)14-7-5-13(6-8-14)15-9-10-18-16(11-15)19(2,3)12-21-18/h5-11,17H,4,12,20H2,1-3H3. The Labute approximate surface area is 126 Å². The quantitative estimate of drug-likeness (QED) is 0.903. The zero-order valence-corrected chi connectivity index (χ0v) is 13.0. The fourth-order valence-electron chi connectivity index (χ4n) is 2.86. The summed E-state index contributed by atoms with van der Waals surface area (Å²) in [6.45, 7) is 7.33. The molecule has 3 rings (SSSR count). The molecule has 0 spiro atoms. The normalized spacial score (nSPS) is 17.1. The van der Waals surface area contributed by atoms with Crippen molar-refractivity contribution in [3.05, 3.63) is 53.6 Å². The summed E-state index contributed by atoms with van der Waals surface area (Å²) in [4.78, 5) is 0. The average Bonchev–Trinajstić information content (AvgIpc) is 2.82. The second-order valence-corrected chi connectivity index (χ2v) is 6.52. The van der Waals surface area contributed by atoms with E-state index in [0.717, 1.165) is 18.8 Å². The van der Waals surface area contributed by atoms with Crippen LogP contribution in [-0.4, -0.2) is 6.61 Å². The summed E-state index contributed by atoms with van der Waals surface area (Å²) in [5, 5.41) is 0. The maximum absolute atomic E-state index is 6.08. The third-order valence-corrected chi connectivity index (χ3v) is 4.41. The van der Waals surface area contributed by atoms with Crippen LogP contribution in [0.4, 0.5) is 0 Å². The fourth-order valence-corrected chi connectivity index (χ4v) is 2.86. The van der Waals surface area contributed by atoms with Gasteiger partial charge in [0.1, 0.15) is 5.75 Å². The smallest absolute Gasteiger partial charge is 0.123 e. The number of nitrogens with two attached hydrogens (primary N) is 1. The molecule has 21 heavy (non-hydrogen) atoms. The van der Waals surface area contributed by atoms with Crippen molar-refractivity contribution in [2.45, 2.75) is 38.6 Å². The molecule has 2 aromatic rings. The van der Waals surface area contributed by atoms with Crippen molar-refractivity contribution in [2.24, 2.45) is 5.73 Å². The van der Waals surface area contributed by atoms with E-state index in [1.54, 1.807) is 0 Å². The van der Waals surface area contributed by atoms with E-state index in [1.807, 2.05) is 0 Å². The highest BCUT2D eigenvalue weighted by atomic mass is 16.5. The molecule has 0 amide bonds. The van der Waals surface area contributed by atoms with Crippen LogP contribution in [0.15, 0.2) is 42.5 Å². The van der Waals surface area contributed by atoms with E-state index in [4.69, 9.17) is 10.5 Å². The number of benzene rings is 2. The first kappa shape index (κ1) is 14.2. The Morgan fingerprint density at radius 2 is 1.76 bits per heavy atom. The second kappa shape index (κ2) is 5.19. The summed E-state index contributed by atoms with van der Waals surface area (Å²) in [6.07, 6.45) is 0.962. The summed E-state index contributed by atoms with van der Waals surface area (Å²) in [6, 6.07) is 15.2. The topological polar surface area (TPSA) is 35.2 Å². The minimum absolute atomic E-state index is 0.0931. The van der Waals surface area contributed by atoms with Crippen molar-refractivity contribution in [1.29, 1.82) is 0 Å². The van der Waals surface area contributed by atoms with Gasteiger partial charge in [-0.05, 0) is 35.2 Å². The molecule has 110 valence electrons. The van der Waals surface area contributed by atoms with Gasteiger partial charge in [-0.3, -0.25) is 0 Å². The van der Waals surface area contributed by atoms with Crippen LogP contribution >= 0.6 is 0 Å². The Bertz CT molecular complexity index is 643. The first-order chi connectivity index (χ1) is 10.0. The highest BCUT2D eigenvalue weighted by Gasteiger charge is 2.31. The van der Waals surface area contributed by atoms with E-state index in [0.29, 0.717) is 0 Å². The Hall–Kier alpha value is -1.80. The third-order valence-electron chi connectivity index (χ3n) is 4.41. The Morgan fingerprint density at radius 3 is 2.43 bits per heavy atom. The number of fused-ring (bicyclic) bond motifs is 1. The summed E-state index contributed by atoms with van der Waals surface area (Å²) < 4.78 is 5.75. The van der Waals surface area contributed by atoms with Crippen LogP contribution in [0.5, 0.6) is 5.75 Å². The van der Waals surface area contributed by atoms with Crippen LogP contribution in [0.25, 0.3) is 11.1 Å². The lowest BCUT2D eigenvalue weighted by Crippen LogP contribution is -2.18. The van der Waals surface area contributed by atoms with Crippen molar-refractivity contribution in [1.82, 2.24) is 0 Å². The zero-order valence-electron chi connectivity index (χ0n) is 13.0. The molecular formula is C19H23NO.